The van der Waals surface area contributed by atoms with Crippen LogP contribution in [0.1, 0.15) is 0 Å². The Morgan fingerprint density at radius 2 is 0.941 bits per heavy atom. The van der Waals surface area contributed by atoms with Crippen LogP contribution in [0.2, 0.25) is 0 Å². The predicted octanol–water partition coefficient (Wildman–Crippen LogP) is 16.1. The molecule has 0 radical (unpaired) electrons. The maximum absolute atomic E-state index is 5.92. The molecule has 68 heavy (non-hydrogen) atoms. The van der Waals surface area contributed by atoms with E-state index >= 15 is 0 Å². The molecule has 0 spiro atoms. The molecule has 0 fully saturated rings. The summed E-state index contributed by atoms with van der Waals surface area (Å²) in [5.74, 6) is 0.865. The number of nitrogens with zero attached hydrogens (tertiary/aromatic N) is 6. The van der Waals surface area contributed by atoms with Crippen molar-refractivity contribution in [3.8, 4) is 11.4 Å². The third-order valence-corrected chi connectivity index (χ3v) is 18.7. The van der Waals surface area contributed by atoms with Crippen LogP contribution >= 0.6 is 21.6 Å². The van der Waals surface area contributed by atoms with E-state index < -0.39 is 10.2 Å². The molecule has 0 aliphatic carbocycles. The number of imidazole rings is 2. The fourth-order valence-corrected chi connectivity index (χ4v) is 16.3. The van der Waals surface area contributed by atoms with Gasteiger partial charge in [0.15, 0.2) is 0 Å². The van der Waals surface area contributed by atoms with Crippen LogP contribution in [0.3, 0.4) is 0 Å². The van der Waals surface area contributed by atoms with E-state index in [-0.39, 0.29) is 0 Å². The molecule has 6 nitrogen and oxygen atoms in total. The van der Waals surface area contributed by atoms with Crippen molar-refractivity contribution in [2.24, 2.45) is 0 Å². The summed E-state index contributed by atoms with van der Waals surface area (Å²) in [5, 5.41) is 8.34. The van der Waals surface area contributed by atoms with Crippen LogP contribution < -0.4 is 0 Å². The Balaban J connectivity index is 1.06. The maximum atomic E-state index is 5.92. The van der Waals surface area contributed by atoms with Gasteiger partial charge >= 0.3 is 0 Å². The fraction of sp³-hybridized carbons (Fsp3) is 0. The first-order valence-electron chi connectivity index (χ1n) is 22.9. The number of benzene rings is 9. The smallest absolute Gasteiger partial charge is 0.226 e. The van der Waals surface area contributed by atoms with Crippen LogP contribution in [0.5, 0.6) is 0 Å². The highest BCUT2D eigenvalue weighted by Crippen LogP contribution is 2.71. The van der Waals surface area contributed by atoms with Crippen LogP contribution in [-0.2, 0) is 0 Å². The van der Waals surface area contributed by atoms with Crippen molar-refractivity contribution in [3.63, 3.8) is 0 Å². The Labute approximate surface area is 395 Å². The molecule has 6 aromatic heterocycles. The minimum Gasteiger partial charge on any atom is -0.309 e. The van der Waals surface area contributed by atoms with E-state index in [9.17, 15) is 0 Å². The SMILES string of the molecule is c1ccc(S(c2ccccc2)(c2nccc3sc4ccccc4c23)n2c3ccccc3n3c4cccc(-n5c6ccccc6c6cc(-n7c8ccccc8c8ccccc87)ccc65)c4nc23)cc1. The van der Waals surface area contributed by atoms with Gasteiger partial charge in [0.1, 0.15) is 10.5 Å². The van der Waals surface area contributed by atoms with Crippen molar-refractivity contribution in [2.45, 2.75) is 14.8 Å². The van der Waals surface area contributed by atoms with E-state index in [0.29, 0.717) is 0 Å². The van der Waals surface area contributed by atoms with Gasteiger partial charge < -0.3 is 9.13 Å². The summed E-state index contributed by atoms with van der Waals surface area (Å²) in [6.07, 6.45) is 2.01. The summed E-state index contributed by atoms with van der Waals surface area (Å²) in [6, 6.07) is 81.8. The van der Waals surface area contributed by atoms with E-state index in [1.165, 1.54) is 62.5 Å². The van der Waals surface area contributed by atoms with Crippen molar-refractivity contribution < 1.29 is 0 Å². The highest BCUT2D eigenvalue weighted by molar-refractivity contribution is 8.33. The summed E-state index contributed by atoms with van der Waals surface area (Å²) in [5.41, 5.74) is 11.0. The average molecular weight is 907 g/mol. The molecular formula is C60H38N6S2. The summed E-state index contributed by atoms with van der Waals surface area (Å²) < 4.78 is 12.3. The van der Waals surface area contributed by atoms with Crippen LogP contribution in [0.15, 0.2) is 245 Å². The second-order valence-electron chi connectivity index (χ2n) is 17.4. The molecule has 0 bridgehead atoms. The average Bonchev–Trinajstić information content (AvgIpc) is 4.21. The minimum absolute atomic E-state index is 0.865. The van der Waals surface area contributed by atoms with Crippen LogP contribution in [0.25, 0.3) is 103 Å². The summed E-state index contributed by atoms with van der Waals surface area (Å²) >= 11 is 1.83. The number of para-hydroxylation sites is 6. The first-order chi connectivity index (χ1) is 33.8. The summed E-state index contributed by atoms with van der Waals surface area (Å²) in [4.78, 5) is 13.8. The lowest BCUT2D eigenvalue weighted by molar-refractivity contribution is 1.09. The van der Waals surface area contributed by atoms with E-state index in [1.54, 1.807) is 0 Å². The molecule has 320 valence electrons. The first kappa shape index (κ1) is 37.8. The molecule has 6 heterocycles. The van der Waals surface area contributed by atoms with Gasteiger partial charge in [0, 0.05) is 63.4 Å². The van der Waals surface area contributed by atoms with E-state index in [0.717, 1.165) is 55.3 Å². The molecule has 0 saturated carbocycles. The Kier molecular flexibility index (Phi) is 7.93. The maximum Gasteiger partial charge on any atom is 0.226 e. The molecule has 9 aromatic carbocycles. The van der Waals surface area contributed by atoms with Gasteiger partial charge in [-0.1, -0.05) is 138 Å². The van der Waals surface area contributed by atoms with Gasteiger partial charge in [-0.05, 0) is 97.1 Å². The molecular weight excluding hydrogens is 869 g/mol. The van der Waals surface area contributed by atoms with Gasteiger partial charge in [0.25, 0.3) is 0 Å². The number of thiophene rings is 1. The third-order valence-electron chi connectivity index (χ3n) is 13.9. The van der Waals surface area contributed by atoms with Crippen molar-refractivity contribution in [1.82, 2.24) is 27.5 Å². The zero-order valence-corrected chi connectivity index (χ0v) is 38.1. The topological polar surface area (TPSA) is 45.0 Å². The van der Waals surface area contributed by atoms with Gasteiger partial charge in [-0.15, -0.1) is 11.3 Å². The molecule has 0 amide bonds. The molecule has 0 aliphatic heterocycles. The molecule has 0 saturated heterocycles. The molecule has 15 aromatic rings. The first-order valence-corrected chi connectivity index (χ1v) is 25.3. The molecule has 0 N–H and O–H groups in total. The summed E-state index contributed by atoms with van der Waals surface area (Å²) in [7, 11) is -2.43. The van der Waals surface area contributed by atoms with Gasteiger partial charge in [0.05, 0.1) is 44.3 Å². The Hall–Kier alpha value is -8.43. The van der Waals surface area contributed by atoms with Crippen molar-refractivity contribution in [2.75, 3.05) is 0 Å². The zero-order chi connectivity index (χ0) is 44.5. The van der Waals surface area contributed by atoms with Crippen LogP contribution in [-0.4, -0.2) is 27.5 Å². The Bertz CT molecular complexity index is 4420. The molecule has 0 atom stereocenters. The second kappa shape index (κ2) is 14.3. The minimum atomic E-state index is -2.43. The quantitative estimate of drug-likeness (QED) is 0.167. The number of hydrogen-bond acceptors (Lipinski definition) is 3. The number of rotatable bonds is 6. The lowest BCUT2D eigenvalue weighted by atomic mass is 10.1. The van der Waals surface area contributed by atoms with Crippen LogP contribution in [0.4, 0.5) is 0 Å². The van der Waals surface area contributed by atoms with Crippen molar-refractivity contribution >= 4 is 113 Å². The monoisotopic (exact) mass is 906 g/mol. The lowest BCUT2D eigenvalue weighted by Crippen LogP contribution is -2.15. The molecule has 8 heteroatoms. The fourth-order valence-electron chi connectivity index (χ4n) is 11.1. The normalized spacial score (nSPS) is 12.6. The molecule has 0 aliphatic rings. The summed E-state index contributed by atoms with van der Waals surface area (Å²) in [6.45, 7) is 0. The number of fused-ring (bicyclic) bond motifs is 14. The predicted molar refractivity (Wildman–Crippen MR) is 285 cm³/mol. The Morgan fingerprint density at radius 1 is 0.397 bits per heavy atom. The van der Waals surface area contributed by atoms with E-state index in [4.69, 9.17) is 9.97 Å². The lowest BCUT2D eigenvalue weighted by Gasteiger charge is -2.42. The second-order valence-corrected chi connectivity index (χ2v) is 21.3. The van der Waals surface area contributed by atoms with Crippen molar-refractivity contribution in [1.29, 1.82) is 0 Å². The largest absolute Gasteiger partial charge is 0.309 e. The number of hydrogen-bond donors (Lipinski definition) is 0. The Morgan fingerprint density at radius 3 is 1.63 bits per heavy atom. The van der Waals surface area contributed by atoms with Gasteiger partial charge in [0.2, 0.25) is 5.78 Å². The van der Waals surface area contributed by atoms with E-state index in [1.807, 2.05) is 17.5 Å². The van der Waals surface area contributed by atoms with Gasteiger partial charge in [-0.2, -0.15) is 0 Å². The highest BCUT2D eigenvalue weighted by Gasteiger charge is 2.40. The number of pyridine rings is 1. The zero-order valence-electron chi connectivity index (χ0n) is 36.4. The molecule has 0 unspecified atom stereocenters. The van der Waals surface area contributed by atoms with Gasteiger partial charge in [-0.3, -0.25) is 8.37 Å². The number of aromatic nitrogens is 6. The molecule has 15 rings (SSSR count). The van der Waals surface area contributed by atoms with E-state index in [2.05, 4.69) is 242 Å². The highest BCUT2D eigenvalue weighted by atomic mass is 32.3. The van der Waals surface area contributed by atoms with Crippen molar-refractivity contribution in [3.05, 3.63) is 231 Å². The van der Waals surface area contributed by atoms with Crippen LogP contribution in [0, 0.1) is 0 Å². The standard InChI is InChI=1S/C60H38N6S2/c1-3-18-40(19-4-1)68(41-20-5-2-6-21-41,59-57-45-25-10-16-33-55(45)67-56(57)36-37-61-59)66-52-30-15-14-29-51(52)65-54-32-17-31-53(58(54)62-60(65)66)64-49-28-13-9-24-44(49)46-38-39(34-35-50(46)64)63-47-26-11-7-22-42(47)43-23-8-12-27-48(43)63/h1-38H. The van der Waals surface area contributed by atoms with Gasteiger partial charge in [-0.25, -0.2) is 9.97 Å². The third kappa shape index (κ3) is 5.02.